The average molecular weight is 432 g/mol. The van der Waals surface area contributed by atoms with Crippen LogP contribution in [0.2, 0.25) is 5.02 Å². The van der Waals surface area contributed by atoms with Crippen molar-refractivity contribution < 1.29 is 27.2 Å². The Kier molecular flexibility index (Phi) is 7.58. The first-order valence-electron chi connectivity index (χ1n) is 8.53. The van der Waals surface area contributed by atoms with Gasteiger partial charge in [-0.15, -0.1) is 0 Å². The molecule has 5 nitrogen and oxygen atoms in total. The highest BCUT2D eigenvalue weighted by Crippen LogP contribution is 2.34. The quantitative estimate of drug-likeness (QED) is 0.639. The van der Waals surface area contributed by atoms with E-state index in [0.29, 0.717) is 0 Å². The van der Waals surface area contributed by atoms with E-state index >= 15 is 0 Å². The average Bonchev–Trinajstić information content (AvgIpc) is 2.63. The van der Waals surface area contributed by atoms with Crippen molar-refractivity contribution in [2.75, 3.05) is 30.3 Å². The number of rotatable bonds is 7. The molecule has 0 aliphatic rings. The Bertz CT molecular complexity index is 890. The molecule has 0 unspecified atom stereocenters. The summed E-state index contributed by atoms with van der Waals surface area (Å²) in [6.45, 7) is 1.34. The van der Waals surface area contributed by atoms with E-state index in [-0.39, 0.29) is 36.0 Å². The van der Waals surface area contributed by atoms with Crippen LogP contribution in [0.5, 0.6) is 0 Å². The Labute approximate surface area is 169 Å². The summed E-state index contributed by atoms with van der Waals surface area (Å²) in [4.78, 5) is 25.7. The van der Waals surface area contributed by atoms with Crippen LogP contribution in [0.25, 0.3) is 0 Å². The van der Waals surface area contributed by atoms with E-state index in [4.69, 9.17) is 11.6 Å². The lowest BCUT2D eigenvalue weighted by Gasteiger charge is -2.20. The molecule has 10 heteroatoms. The van der Waals surface area contributed by atoms with Gasteiger partial charge in [0.2, 0.25) is 11.8 Å². The van der Waals surface area contributed by atoms with Gasteiger partial charge in [-0.05, 0) is 36.9 Å². The number of hydrogen-bond donors (Lipinski definition) is 2. The largest absolute Gasteiger partial charge is 0.418 e. The van der Waals surface area contributed by atoms with Crippen LogP contribution < -0.4 is 10.6 Å². The summed E-state index contributed by atoms with van der Waals surface area (Å²) in [5.74, 6) is -1.99. The Balaban J connectivity index is 1.98. The monoisotopic (exact) mass is 431 g/mol. The van der Waals surface area contributed by atoms with Crippen molar-refractivity contribution in [2.45, 2.75) is 13.1 Å². The number of carbonyl (C=O) groups is 2. The molecule has 2 aromatic carbocycles. The Morgan fingerprint density at radius 2 is 1.59 bits per heavy atom. The SMILES string of the molecule is CCN(CC(=O)Nc1cc(Cl)ccc1F)CC(=O)Nc1ccccc1C(F)(F)F. The number of halogens is 5. The molecule has 2 rings (SSSR count). The lowest BCUT2D eigenvalue weighted by molar-refractivity contribution is -0.137. The number of anilines is 2. The highest BCUT2D eigenvalue weighted by atomic mass is 35.5. The Morgan fingerprint density at radius 3 is 2.17 bits per heavy atom. The summed E-state index contributed by atoms with van der Waals surface area (Å²) < 4.78 is 52.7. The van der Waals surface area contributed by atoms with Gasteiger partial charge < -0.3 is 10.6 Å². The summed E-state index contributed by atoms with van der Waals surface area (Å²) in [5.41, 5.74) is -1.45. The van der Waals surface area contributed by atoms with E-state index in [1.54, 1.807) is 6.92 Å². The van der Waals surface area contributed by atoms with Gasteiger partial charge in [-0.1, -0.05) is 30.7 Å². The lowest BCUT2D eigenvalue weighted by atomic mass is 10.1. The van der Waals surface area contributed by atoms with Crippen molar-refractivity contribution in [3.05, 3.63) is 58.9 Å². The van der Waals surface area contributed by atoms with Crippen LogP contribution in [0.15, 0.2) is 42.5 Å². The van der Waals surface area contributed by atoms with Gasteiger partial charge in [0.1, 0.15) is 5.82 Å². The van der Waals surface area contributed by atoms with Gasteiger partial charge in [-0.2, -0.15) is 13.2 Å². The normalized spacial score (nSPS) is 11.4. The van der Waals surface area contributed by atoms with E-state index in [0.717, 1.165) is 18.2 Å². The summed E-state index contributed by atoms with van der Waals surface area (Å²) in [6.07, 6.45) is -4.62. The lowest BCUT2D eigenvalue weighted by Crippen LogP contribution is -2.39. The van der Waals surface area contributed by atoms with Gasteiger partial charge in [0, 0.05) is 5.02 Å². The first kappa shape index (κ1) is 22.6. The van der Waals surface area contributed by atoms with Crippen LogP contribution in [-0.2, 0) is 15.8 Å². The minimum absolute atomic E-state index is 0.109. The molecule has 2 N–H and O–H groups in total. The fourth-order valence-electron chi connectivity index (χ4n) is 2.50. The smallest absolute Gasteiger partial charge is 0.324 e. The van der Waals surface area contributed by atoms with E-state index in [1.165, 1.54) is 29.2 Å². The number of alkyl halides is 3. The molecule has 0 saturated carbocycles. The van der Waals surface area contributed by atoms with Crippen molar-refractivity contribution in [2.24, 2.45) is 0 Å². The third kappa shape index (κ3) is 6.72. The van der Waals surface area contributed by atoms with Crippen LogP contribution in [0, 0.1) is 5.82 Å². The third-order valence-corrected chi connectivity index (χ3v) is 4.13. The standard InChI is InChI=1S/C19H18ClF4N3O2/c1-2-27(11-18(29)26-16-9-12(20)7-8-14(16)21)10-17(28)25-15-6-4-3-5-13(15)19(22,23)24/h3-9H,2,10-11H2,1H3,(H,25,28)(H,26,29). The second-order valence-electron chi connectivity index (χ2n) is 6.07. The minimum atomic E-state index is -4.62. The number of amides is 2. The first-order chi connectivity index (χ1) is 13.6. The van der Waals surface area contributed by atoms with E-state index in [1.807, 2.05) is 0 Å². The van der Waals surface area contributed by atoms with Crippen molar-refractivity contribution >= 4 is 34.8 Å². The molecule has 0 heterocycles. The molecule has 156 valence electrons. The zero-order chi connectivity index (χ0) is 21.6. The maximum Gasteiger partial charge on any atom is 0.418 e. The van der Waals surface area contributed by atoms with Crippen LogP contribution >= 0.6 is 11.6 Å². The van der Waals surface area contributed by atoms with Crippen LogP contribution in [0.3, 0.4) is 0 Å². The topological polar surface area (TPSA) is 61.4 Å². The molecule has 0 radical (unpaired) electrons. The molecule has 0 aromatic heterocycles. The van der Waals surface area contributed by atoms with Crippen molar-refractivity contribution in [1.29, 1.82) is 0 Å². The maximum absolute atomic E-state index is 13.7. The molecule has 0 saturated heterocycles. The molecule has 0 bridgehead atoms. The molecule has 2 aromatic rings. The number of nitrogens with one attached hydrogen (secondary N) is 2. The second kappa shape index (κ2) is 9.71. The number of hydrogen-bond acceptors (Lipinski definition) is 3. The van der Waals surface area contributed by atoms with Gasteiger partial charge in [-0.25, -0.2) is 4.39 Å². The van der Waals surface area contributed by atoms with E-state index in [2.05, 4.69) is 10.6 Å². The van der Waals surface area contributed by atoms with E-state index < -0.39 is 29.4 Å². The second-order valence-corrected chi connectivity index (χ2v) is 6.50. The summed E-state index contributed by atoms with van der Waals surface area (Å²) in [7, 11) is 0. The van der Waals surface area contributed by atoms with E-state index in [9.17, 15) is 27.2 Å². The maximum atomic E-state index is 13.7. The summed E-state index contributed by atoms with van der Waals surface area (Å²) in [6, 6.07) is 8.26. The zero-order valence-corrected chi connectivity index (χ0v) is 16.1. The molecular weight excluding hydrogens is 414 g/mol. The fraction of sp³-hybridized carbons (Fsp3) is 0.263. The summed E-state index contributed by atoms with van der Waals surface area (Å²) in [5, 5.41) is 4.79. The highest BCUT2D eigenvalue weighted by molar-refractivity contribution is 6.30. The molecule has 0 spiro atoms. The van der Waals surface area contributed by atoms with Crippen molar-refractivity contribution in [1.82, 2.24) is 4.90 Å². The minimum Gasteiger partial charge on any atom is -0.324 e. The fourth-order valence-corrected chi connectivity index (χ4v) is 2.67. The molecule has 0 fully saturated rings. The predicted molar refractivity (Wildman–Crippen MR) is 102 cm³/mol. The number of carbonyl (C=O) groups excluding carboxylic acids is 2. The number of para-hydroxylation sites is 1. The highest BCUT2D eigenvalue weighted by Gasteiger charge is 2.33. The van der Waals surface area contributed by atoms with Crippen LogP contribution in [0.4, 0.5) is 28.9 Å². The summed E-state index contributed by atoms with van der Waals surface area (Å²) >= 11 is 5.76. The predicted octanol–water partition coefficient (Wildman–Crippen LogP) is 4.40. The van der Waals surface area contributed by atoms with Crippen molar-refractivity contribution in [3.63, 3.8) is 0 Å². The van der Waals surface area contributed by atoms with Crippen LogP contribution in [-0.4, -0.2) is 36.3 Å². The first-order valence-corrected chi connectivity index (χ1v) is 8.91. The zero-order valence-electron chi connectivity index (χ0n) is 15.3. The molecule has 2 amide bonds. The van der Waals surface area contributed by atoms with Gasteiger partial charge in [0.05, 0.1) is 30.0 Å². The van der Waals surface area contributed by atoms with Crippen molar-refractivity contribution in [3.8, 4) is 0 Å². The molecule has 0 aliphatic heterocycles. The Morgan fingerprint density at radius 1 is 1.00 bits per heavy atom. The van der Waals surface area contributed by atoms with Gasteiger partial charge in [0.25, 0.3) is 0 Å². The molecule has 29 heavy (non-hydrogen) atoms. The molecular formula is C19H18ClF4N3O2. The molecule has 0 aliphatic carbocycles. The van der Waals surface area contributed by atoms with Gasteiger partial charge in [-0.3, -0.25) is 14.5 Å². The van der Waals surface area contributed by atoms with Gasteiger partial charge in [0.15, 0.2) is 0 Å². The van der Waals surface area contributed by atoms with Gasteiger partial charge >= 0.3 is 6.18 Å². The number of likely N-dealkylation sites (N-methyl/N-ethyl adjacent to an activating group) is 1. The number of nitrogens with zero attached hydrogens (tertiary/aromatic N) is 1. The molecule has 0 atom stereocenters. The Hall–Kier alpha value is -2.65. The van der Waals surface area contributed by atoms with Crippen LogP contribution in [0.1, 0.15) is 12.5 Å². The third-order valence-electron chi connectivity index (χ3n) is 3.89. The number of benzene rings is 2.